The molecule has 0 radical (unpaired) electrons. The molecule has 2 aromatic carbocycles. The Kier molecular flexibility index (Phi) is 3.91. The number of aromatic hydroxyl groups is 1. The molecule has 0 spiro atoms. The lowest BCUT2D eigenvalue weighted by molar-refractivity contribution is 0.0694. The molecule has 0 heterocycles. The van der Waals surface area contributed by atoms with Gasteiger partial charge in [0.05, 0.1) is 11.4 Å². The van der Waals surface area contributed by atoms with E-state index in [4.69, 9.17) is 5.11 Å². The number of rotatable bonds is 3. The molecule has 0 fully saturated rings. The second-order valence-corrected chi connectivity index (χ2v) is 4.60. The van der Waals surface area contributed by atoms with Gasteiger partial charge in [-0.1, -0.05) is 15.9 Å². The molecule has 2 rings (SSSR count). The van der Waals surface area contributed by atoms with Gasteiger partial charge in [0.2, 0.25) is 0 Å². The second kappa shape index (κ2) is 5.62. The van der Waals surface area contributed by atoms with Gasteiger partial charge in [-0.3, -0.25) is 0 Å². The number of halogens is 1. The first-order valence-corrected chi connectivity index (χ1v) is 6.09. The van der Waals surface area contributed by atoms with Crippen molar-refractivity contribution < 1.29 is 15.0 Å². The molecule has 96 valence electrons. The van der Waals surface area contributed by atoms with Gasteiger partial charge < -0.3 is 10.2 Å². The lowest BCUT2D eigenvalue weighted by Gasteiger charge is -1.99. The van der Waals surface area contributed by atoms with Crippen LogP contribution < -0.4 is 0 Å². The quantitative estimate of drug-likeness (QED) is 0.828. The molecule has 0 saturated carbocycles. The summed E-state index contributed by atoms with van der Waals surface area (Å²) in [6.07, 6.45) is 0. The van der Waals surface area contributed by atoms with Crippen LogP contribution in [0.15, 0.2) is 57.2 Å². The molecule has 5 nitrogen and oxygen atoms in total. The van der Waals surface area contributed by atoms with Gasteiger partial charge in [0.1, 0.15) is 11.3 Å². The average molecular weight is 321 g/mol. The van der Waals surface area contributed by atoms with Crippen molar-refractivity contribution in [2.24, 2.45) is 10.2 Å². The lowest BCUT2D eigenvalue weighted by atomic mass is 10.2. The van der Waals surface area contributed by atoms with Crippen LogP contribution in [0.1, 0.15) is 10.4 Å². The largest absolute Gasteiger partial charge is 0.507 e. The van der Waals surface area contributed by atoms with Crippen LogP contribution in [-0.4, -0.2) is 16.2 Å². The monoisotopic (exact) mass is 320 g/mol. The van der Waals surface area contributed by atoms with Crippen molar-refractivity contribution in [1.82, 2.24) is 0 Å². The fraction of sp³-hybridized carbons (Fsp3) is 0. The van der Waals surface area contributed by atoms with E-state index < -0.39 is 5.97 Å². The SMILES string of the molecule is O=C(O)c1cc(N=Nc2ccc(Br)cc2)ccc1O. The highest BCUT2D eigenvalue weighted by Gasteiger charge is 2.09. The van der Waals surface area contributed by atoms with Crippen molar-refractivity contribution in [1.29, 1.82) is 0 Å². The third kappa shape index (κ3) is 3.38. The summed E-state index contributed by atoms with van der Waals surface area (Å²) < 4.78 is 0.934. The maximum atomic E-state index is 10.8. The summed E-state index contributed by atoms with van der Waals surface area (Å²) in [4.78, 5) is 10.8. The molecule has 0 bridgehead atoms. The van der Waals surface area contributed by atoms with Crippen LogP contribution in [0.2, 0.25) is 0 Å². The fourth-order valence-corrected chi connectivity index (χ4v) is 1.65. The van der Waals surface area contributed by atoms with Crippen molar-refractivity contribution in [3.63, 3.8) is 0 Å². The first-order valence-electron chi connectivity index (χ1n) is 5.30. The van der Waals surface area contributed by atoms with E-state index in [2.05, 4.69) is 26.2 Å². The molecule has 0 aliphatic rings. The Balaban J connectivity index is 2.26. The van der Waals surface area contributed by atoms with Crippen molar-refractivity contribution in [3.05, 3.63) is 52.5 Å². The number of phenols is 1. The molecule has 0 amide bonds. The number of benzene rings is 2. The number of carboxylic acid groups (broad SMARTS) is 1. The van der Waals surface area contributed by atoms with Crippen molar-refractivity contribution in [2.45, 2.75) is 0 Å². The van der Waals surface area contributed by atoms with Gasteiger partial charge in [0.25, 0.3) is 0 Å². The van der Waals surface area contributed by atoms with Crippen molar-refractivity contribution >= 4 is 33.3 Å². The zero-order valence-corrected chi connectivity index (χ0v) is 11.2. The van der Waals surface area contributed by atoms with Crippen LogP contribution in [0.3, 0.4) is 0 Å². The summed E-state index contributed by atoms with van der Waals surface area (Å²) in [5.74, 6) is -1.51. The van der Waals surface area contributed by atoms with Gasteiger partial charge >= 0.3 is 5.97 Å². The smallest absolute Gasteiger partial charge is 0.339 e. The minimum atomic E-state index is -1.21. The molecular weight excluding hydrogens is 312 g/mol. The Morgan fingerprint density at radius 3 is 2.21 bits per heavy atom. The fourth-order valence-electron chi connectivity index (χ4n) is 1.38. The Bertz CT molecular complexity index is 639. The highest BCUT2D eigenvalue weighted by atomic mass is 79.9. The Morgan fingerprint density at radius 2 is 1.58 bits per heavy atom. The van der Waals surface area contributed by atoms with Crippen molar-refractivity contribution in [2.75, 3.05) is 0 Å². The molecule has 0 unspecified atom stereocenters. The normalized spacial score (nSPS) is 10.8. The summed E-state index contributed by atoms with van der Waals surface area (Å²) in [5.41, 5.74) is 0.804. The summed E-state index contributed by atoms with van der Waals surface area (Å²) in [5, 5.41) is 26.1. The Labute approximate surface area is 117 Å². The van der Waals surface area contributed by atoms with Crippen LogP contribution in [0.5, 0.6) is 5.75 Å². The number of aromatic carboxylic acids is 1. The first kappa shape index (κ1) is 13.2. The molecule has 19 heavy (non-hydrogen) atoms. The number of carboxylic acids is 1. The third-order valence-electron chi connectivity index (χ3n) is 2.32. The molecule has 0 aromatic heterocycles. The van der Waals surface area contributed by atoms with Gasteiger partial charge in [0.15, 0.2) is 0 Å². The minimum Gasteiger partial charge on any atom is -0.507 e. The number of nitrogens with zero attached hydrogens (tertiary/aromatic N) is 2. The van der Waals surface area contributed by atoms with Gasteiger partial charge in [-0.25, -0.2) is 4.79 Å². The molecule has 0 saturated heterocycles. The maximum Gasteiger partial charge on any atom is 0.339 e. The third-order valence-corrected chi connectivity index (χ3v) is 2.85. The topological polar surface area (TPSA) is 82.2 Å². The molecule has 2 N–H and O–H groups in total. The zero-order chi connectivity index (χ0) is 13.8. The van der Waals surface area contributed by atoms with Crippen LogP contribution in [0.25, 0.3) is 0 Å². The van der Waals surface area contributed by atoms with E-state index in [-0.39, 0.29) is 11.3 Å². The van der Waals surface area contributed by atoms with E-state index in [1.165, 1.54) is 18.2 Å². The van der Waals surface area contributed by atoms with E-state index in [0.29, 0.717) is 11.4 Å². The van der Waals surface area contributed by atoms with Crippen LogP contribution in [0.4, 0.5) is 11.4 Å². The highest BCUT2D eigenvalue weighted by Crippen LogP contribution is 2.25. The van der Waals surface area contributed by atoms with Gasteiger partial charge in [-0.2, -0.15) is 10.2 Å². The standard InChI is InChI=1S/C13H9BrN2O3/c14-8-1-3-9(4-2-8)15-16-10-5-6-12(17)11(7-10)13(18)19/h1-7,17H,(H,18,19). The summed E-state index contributed by atoms with van der Waals surface area (Å²) in [6, 6.07) is 11.2. The van der Waals surface area contributed by atoms with E-state index in [0.717, 1.165) is 4.47 Å². The van der Waals surface area contributed by atoms with Crippen LogP contribution >= 0.6 is 15.9 Å². The van der Waals surface area contributed by atoms with E-state index >= 15 is 0 Å². The molecule has 6 heteroatoms. The van der Waals surface area contributed by atoms with Crippen LogP contribution in [-0.2, 0) is 0 Å². The molecular formula is C13H9BrN2O3. The van der Waals surface area contributed by atoms with Gasteiger partial charge in [-0.05, 0) is 42.5 Å². The summed E-state index contributed by atoms with van der Waals surface area (Å²) in [7, 11) is 0. The summed E-state index contributed by atoms with van der Waals surface area (Å²) >= 11 is 3.31. The molecule has 0 atom stereocenters. The van der Waals surface area contributed by atoms with Crippen LogP contribution in [0, 0.1) is 0 Å². The van der Waals surface area contributed by atoms with E-state index in [9.17, 15) is 9.90 Å². The minimum absolute atomic E-state index is 0.202. The molecule has 0 aliphatic heterocycles. The Morgan fingerprint density at radius 1 is 1.00 bits per heavy atom. The predicted octanol–water partition coefficient (Wildman–Crippen LogP) is 4.27. The number of hydrogen-bond acceptors (Lipinski definition) is 4. The number of azo groups is 1. The predicted molar refractivity (Wildman–Crippen MR) is 73.4 cm³/mol. The Hall–Kier alpha value is -2.21. The molecule has 2 aromatic rings. The highest BCUT2D eigenvalue weighted by molar-refractivity contribution is 9.10. The number of hydrogen-bond donors (Lipinski definition) is 2. The van der Waals surface area contributed by atoms with E-state index in [1.54, 1.807) is 12.1 Å². The summed E-state index contributed by atoms with van der Waals surface area (Å²) in [6.45, 7) is 0. The lowest BCUT2D eigenvalue weighted by Crippen LogP contribution is -1.95. The average Bonchev–Trinajstić information content (AvgIpc) is 2.39. The zero-order valence-electron chi connectivity index (χ0n) is 9.62. The first-order chi connectivity index (χ1) is 9.06. The van der Waals surface area contributed by atoms with Gasteiger partial charge in [-0.15, -0.1) is 0 Å². The number of carbonyl (C=O) groups is 1. The molecule has 0 aliphatic carbocycles. The van der Waals surface area contributed by atoms with E-state index in [1.807, 2.05) is 12.1 Å². The van der Waals surface area contributed by atoms with Gasteiger partial charge in [0, 0.05) is 4.47 Å². The second-order valence-electron chi connectivity index (χ2n) is 3.68. The van der Waals surface area contributed by atoms with Crippen molar-refractivity contribution in [3.8, 4) is 5.75 Å². The maximum absolute atomic E-state index is 10.8.